The van der Waals surface area contributed by atoms with E-state index < -0.39 is 11.9 Å². The average molecular weight is 216 g/mol. The predicted molar refractivity (Wildman–Crippen MR) is 53.3 cm³/mol. The molecule has 0 unspecified atom stereocenters. The van der Waals surface area contributed by atoms with Crippen LogP contribution in [0.3, 0.4) is 0 Å². The molecule has 0 aliphatic heterocycles. The third kappa shape index (κ3) is 6.02. The fourth-order valence-corrected chi connectivity index (χ4v) is 0.740. The zero-order valence-electron chi connectivity index (χ0n) is 7.53. The van der Waals surface area contributed by atoms with Gasteiger partial charge in [0.05, 0.1) is 0 Å². The van der Waals surface area contributed by atoms with Crippen molar-refractivity contribution in [2.75, 3.05) is 0 Å². The second kappa shape index (κ2) is 5.99. The van der Waals surface area contributed by atoms with Crippen molar-refractivity contribution in [3.05, 3.63) is 34.9 Å². The maximum atomic E-state index is 10.5. The van der Waals surface area contributed by atoms with Gasteiger partial charge >= 0.3 is 0 Å². The molecule has 1 aromatic rings. The van der Waals surface area contributed by atoms with Crippen LogP contribution in [0.15, 0.2) is 24.3 Å². The summed E-state index contributed by atoms with van der Waals surface area (Å²) >= 11 is 5.56. The summed E-state index contributed by atoms with van der Waals surface area (Å²) in [6.45, 7) is 1.08. The van der Waals surface area contributed by atoms with E-state index >= 15 is 0 Å². The van der Waals surface area contributed by atoms with Gasteiger partial charge in [0.1, 0.15) is 0 Å². The first-order valence-corrected chi connectivity index (χ1v) is 4.06. The van der Waals surface area contributed by atoms with Gasteiger partial charge in [-0.25, -0.2) is 0 Å². The molecule has 5 heteroatoms. The minimum Gasteiger partial charge on any atom is -0.481 e. The van der Waals surface area contributed by atoms with Crippen molar-refractivity contribution < 1.29 is 14.7 Å². The number of carbonyl (C=O) groups excluding carboxylic acids is 1. The minimum absolute atomic E-state index is 0.434. The Kier molecular flexibility index (Phi) is 5.33. The van der Waals surface area contributed by atoms with Crippen LogP contribution >= 0.6 is 11.6 Å². The van der Waals surface area contributed by atoms with Crippen molar-refractivity contribution >= 4 is 23.5 Å². The van der Waals surface area contributed by atoms with Gasteiger partial charge < -0.3 is 10.8 Å². The van der Waals surface area contributed by atoms with Gasteiger partial charge in [0.15, 0.2) is 0 Å². The number of halogens is 1. The van der Waals surface area contributed by atoms with Crippen LogP contribution in [-0.2, 0) is 4.79 Å². The van der Waals surface area contributed by atoms with Crippen molar-refractivity contribution in [1.82, 2.24) is 0 Å². The lowest BCUT2D eigenvalue weighted by atomic mass is 10.2. The van der Waals surface area contributed by atoms with Crippen LogP contribution in [0, 0.1) is 0 Å². The van der Waals surface area contributed by atoms with E-state index in [9.17, 15) is 4.79 Å². The Labute approximate surface area is 86.3 Å². The molecule has 14 heavy (non-hydrogen) atoms. The summed E-state index contributed by atoms with van der Waals surface area (Å²) in [5.41, 5.74) is 5.46. The van der Waals surface area contributed by atoms with E-state index in [0.29, 0.717) is 10.6 Å². The number of hydrogen-bond acceptors (Lipinski definition) is 2. The molecule has 0 fully saturated rings. The van der Waals surface area contributed by atoms with Crippen LogP contribution < -0.4 is 5.73 Å². The second-order valence-electron chi connectivity index (χ2n) is 2.39. The van der Waals surface area contributed by atoms with Crippen molar-refractivity contribution in [3.63, 3.8) is 0 Å². The number of nitrogens with two attached hydrogens (primary N) is 1. The molecule has 0 radical (unpaired) electrons. The maximum Gasteiger partial charge on any atom is 0.300 e. The highest BCUT2D eigenvalue weighted by Crippen LogP contribution is 2.08. The summed E-state index contributed by atoms with van der Waals surface area (Å²) in [5, 5.41) is 8.02. The van der Waals surface area contributed by atoms with Gasteiger partial charge in [0.2, 0.25) is 5.91 Å². The van der Waals surface area contributed by atoms with Crippen LogP contribution in [0.25, 0.3) is 0 Å². The van der Waals surface area contributed by atoms with Crippen molar-refractivity contribution in [3.8, 4) is 0 Å². The summed E-state index contributed by atoms with van der Waals surface area (Å²) in [5.74, 6) is -1.27. The lowest BCUT2D eigenvalue weighted by molar-refractivity contribution is -0.134. The molecule has 0 aliphatic carbocycles. The summed E-state index contributed by atoms with van der Waals surface area (Å²) in [4.78, 5) is 19.5. The molecule has 1 aromatic carbocycles. The van der Waals surface area contributed by atoms with E-state index in [1.807, 2.05) is 0 Å². The SMILES string of the molecule is CC(=O)O.NC(=O)c1ccc(Cl)cc1. The molecule has 0 heterocycles. The number of hydrogen-bond donors (Lipinski definition) is 2. The normalized spacial score (nSPS) is 8.43. The number of aliphatic carboxylic acids is 1. The Morgan fingerprint density at radius 2 is 1.64 bits per heavy atom. The van der Waals surface area contributed by atoms with Crippen LogP contribution in [0.4, 0.5) is 0 Å². The molecule has 76 valence electrons. The van der Waals surface area contributed by atoms with E-state index in [1.165, 1.54) is 0 Å². The van der Waals surface area contributed by atoms with Gasteiger partial charge in [-0.3, -0.25) is 9.59 Å². The molecule has 0 spiro atoms. The summed E-state index contributed by atoms with van der Waals surface area (Å²) in [6.07, 6.45) is 0. The molecule has 3 N–H and O–H groups in total. The zero-order chi connectivity index (χ0) is 11.1. The van der Waals surface area contributed by atoms with E-state index in [1.54, 1.807) is 24.3 Å². The lowest BCUT2D eigenvalue weighted by Gasteiger charge is -1.92. The number of primary amides is 1. The maximum absolute atomic E-state index is 10.5. The number of amides is 1. The average Bonchev–Trinajstić information content (AvgIpc) is 2.03. The van der Waals surface area contributed by atoms with Gasteiger partial charge in [0, 0.05) is 17.5 Å². The van der Waals surface area contributed by atoms with Crippen LogP contribution in [-0.4, -0.2) is 17.0 Å². The first-order valence-electron chi connectivity index (χ1n) is 3.68. The summed E-state index contributed by atoms with van der Waals surface area (Å²) < 4.78 is 0. The quantitative estimate of drug-likeness (QED) is 0.746. The molecule has 0 bridgehead atoms. The number of benzene rings is 1. The van der Waals surface area contributed by atoms with Crippen molar-refractivity contribution in [2.45, 2.75) is 6.92 Å². The van der Waals surface area contributed by atoms with E-state index in [0.717, 1.165) is 6.92 Å². The van der Waals surface area contributed by atoms with Crippen LogP contribution in [0.2, 0.25) is 5.02 Å². The Hall–Kier alpha value is -1.55. The molecule has 0 saturated heterocycles. The standard InChI is InChI=1S/C7H6ClNO.C2H4O2/c8-6-3-1-5(2-4-6)7(9)10;1-2(3)4/h1-4H,(H2,9,10);1H3,(H,3,4). The molecule has 0 atom stereocenters. The highest BCUT2D eigenvalue weighted by atomic mass is 35.5. The molecule has 1 amide bonds. The number of carbonyl (C=O) groups is 2. The molecule has 0 saturated carbocycles. The van der Waals surface area contributed by atoms with Gasteiger partial charge in [-0.2, -0.15) is 0 Å². The molecule has 1 rings (SSSR count). The van der Waals surface area contributed by atoms with Crippen molar-refractivity contribution in [1.29, 1.82) is 0 Å². The highest BCUT2D eigenvalue weighted by Gasteiger charge is 1.96. The van der Waals surface area contributed by atoms with E-state index in [2.05, 4.69) is 0 Å². The molecule has 0 aromatic heterocycles. The third-order valence-electron chi connectivity index (χ3n) is 1.13. The molecular formula is C9H10ClNO3. The van der Waals surface area contributed by atoms with Gasteiger partial charge in [-0.15, -0.1) is 0 Å². The minimum atomic E-state index is -0.833. The van der Waals surface area contributed by atoms with Crippen LogP contribution in [0.5, 0.6) is 0 Å². The molecular weight excluding hydrogens is 206 g/mol. The number of rotatable bonds is 1. The van der Waals surface area contributed by atoms with Gasteiger partial charge in [0.25, 0.3) is 5.97 Å². The Morgan fingerprint density at radius 3 is 1.93 bits per heavy atom. The second-order valence-corrected chi connectivity index (χ2v) is 2.83. The summed E-state index contributed by atoms with van der Waals surface area (Å²) in [7, 11) is 0. The first kappa shape index (κ1) is 12.5. The fourth-order valence-electron chi connectivity index (χ4n) is 0.614. The van der Waals surface area contributed by atoms with Crippen molar-refractivity contribution in [2.24, 2.45) is 5.73 Å². The lowest BCUT2D eigenvalue weighted by Crippen LogP contribution is -2.10. The molecule has 4 nitrogen and oxygen atoms in total. The van der Waals surface area contributed by atoms with E-state index in [-0.39, 0.29) is 0 Å². The van der Waals surface area contributed by atoms with Gasteiger partial charge in [-0.1, -0.05) is 11.6 Å². The summed E-state index contributed by atoms with van der Waals surface area (Å²) in [6, 6.07) is 6.43. The Balaban J connectivity index is 0.000000364. The first-order chi connectivity index (χ1) is 6.43. The molecule has 0 aliphatic rings. The smallest absolute Gasteiger partial charge is 0.300 e. The van der Waals surface area contributed by atoms with Crippen LogP contribution in [0.1, 0.15) is 17.3 Å². The largest absolute Gasteiger partial charge is 0.481 e. The Bertz CT molecular complexity index is 317. The third-order valence-corrected chi connectivity index (χ3v) is 1.38. The predicted octanol–water partition coefficient (Wildman–Crippen LogP) is 1.53. The zero-order valence-corrected chi connectivity index (χ0v) is 8.28. The monoisotopic (exact) mass is 215 g/mol. The van der Waals surface area contributed by atoms with E-state index in [4.69, 9.17) is 27.2 Å². The number of carboxylic acids is 1. The highest BCUT2D eigenvalue weighted by molar-refractivity contribution is 6.30. The Morgan fingerprint density at radius 1 is 1.29 bits per heavy atom. The fraction of sp³-hybridized carbons (Fsp3) is 0.111. The number of carboxylic acid groups (broad SMARTS) is 1. The van der Waals surface area contributed by atoms with Gasteiger partial charge in [-0.05, 0) is 24.3 Å². The topological polar surface area (TPSA) is 80.4 Å².